The second kappa shape index (κ2) is 2.44. The first-order chi connectivity index (χ1) is 5.70. The van der Waals surface area contributed by atoms with E-state index < -0.39 is 0 Å². The Hall–Kier alpha value is -1.11. The molecular formula is C11H13N. The predicted molar refractivity (Wildman–Crippen MR) is 52.2 cm³/mol. The highest BCUT2D eigenvalue weighted by atomic mass is 14.7. The largest absolute Gasteiger partial charge is 0.261 e. The molecule has 0 fully saturated rings. The van der Waals surface area contributed by atoms with Gasteiger partial charge in [0.1, 0.15) is 0 Å². The van der Waals surface area contributed by atoms with Crippen LogP contribution in [0.4, 0.5) is 5.69 Å². The SMILES string of the molecule is CC1(C)CC=Nc2ccccc21. The van der Waals surface area contributed by atoms with Gasteiger partial charge >= 0.3 is 0 Å². The van der Waals surface area contributed by atoms with Crippen LogP contribution in [-0.4, -0.2) is 6.21 Å². The smallest absolute Gasteiger partial charge is 0.0663 e. The summed E-state index contributed by atoms with van der Waals surface area (Å²) in [6, 6.07) is 8.37. The summed E-state index contributed by atoms with van der Waals surface area (Å²) in [6.07, 6.45) is 3.06. The Labute approximate surface area is 73.1 Å². The van der Waals surface area contributed by atoms with E-state index in [1.54, 1.807) is 0 Å². The van der Waals surface area contributed by atoms with Crippen LogP contribution >= 0.6 is 0 Å². The molecule has 0 radical (unpaired) electrons. The van der Waals surface area contributed by atoms with E-state index in [0.717, 1.165) is 12.1 Å². The number of hydrogen-bond donors (Lipinski definition) is 0. The lowest BCUT2D eigenvalue weighted by Crippen LogP contribution is -2.20. The van der Waals surface area contributed by atoms with Crippen LogP contribution in [0.1, 0.15) is 25.8 Å². The van der Waals surface area contributed by atoms with Crippen molar-refractivity contribution < 1.29 is 0 Å². The Balaban J connectivity index is 2.60. The fourth-order valence-corrected chi connectivity index (χ4v) is 1.64. The van der Waals surface area contributed by atoms with E-state index in [0.29, 0.717) is 0 Å². The molecule has 1 aromatic carbocycles. The molecule has 0 aliphatic carbocycles. The monoisotopic (exact) mass is 159 g/mol. The minimum atomic E-state index is 0.262. The molecule has 1 heteroatoms. The van der Waals surface area contributed by atoms with Crippen LogP contribution in [0.3, 0.4) is 0 Å². The van der Waals surface area contributed by atoms with Gasteiger partial charge in [-0.1, -0.05) is 32.0 Å². The summed E-state index contributed by atoms with van der Waals surface area (Å²) in [5.41, 5.74) is 2.76. The van der Waals surface area contributed by atoms with Crippen LogP contribution in [-0.2, 0) is 5.41 Å². The molecule has 0 amide bonds. The maximum absolute atomic E-state index is 4.36. The highest BCUT2D eigenvalue weighted by Crippen LogP contribution is 2.36. The van der Waals surface area contributed by atoms with E-state index in [-0.39, 0.29) is 5.41 Å². The summed E-state index contributed by atoms with van der Waals surface area (Å²) in [5, 5.41) is 0. The fraction of sp³-hybridized carbons (Fsp3) is 0.364. The van der Waals surface area contributed by atoms with Crippen LogP contribution < -0.4 is 0 Å². The average molecular weight is 159 g/mol. The second-order valence-electron chi connectivity index (χ2n) is 3.92. The third-order valence-electron chi connectivity index (χ3n) is 2.47. The molecule has 2 rings (SSSR count). The van der Waals surface area contributed by atoms with Gasteiger partial charge in [-0.25, -0.2) is 0 Å². The molecule has 0 saturated carbocycles. The first-order valence-electron chi connectivity index (χ1n) is 4.32. The summed E-state index contributed by atoms with van der Waals surface area (Å²) < 4.78 is 0. The van der Waals surface area contributed by atoms with Gasteiger partial charge in [0.25, 0.3) is 0 Å². The Morgan fingerprint density at radius 3 is 2.75 bits per heavy atom. The number of hydrogen-bond acceptors (Lipinski definition) is 1. The van der Waals surface area contributed by atoms with Gasteiger partial charge in [-0.05, 0) is 23.5 Å². The zero-order chi connectivity index (χ0) is 8.60. The van der Waals surface area contributed by atoms with Gasteiger partial charge in [0.2, 0.25) is 0 Å². The lowest BCUT2D eigenvalue weighted by molar-refractivity contribution is 0.549. The molecule has 1 aliphatic rings. The van der Waals surface area contributed by atoms with Crippen LogP contribution in [0, 0.1) is 0 Å². The maximum atomic E-state index is 4.36. The standard InChI is InChI=1S/C11H13N/c1-11(2)7-8-12-10-6-4-3-5-9(10)11/h3-6,8H,7H2,1-2H3. The van der Waals surface area contributed by atoms with Gasteiger partial charge in [0.15, 0.2) is 0 Å². The number of fused-ring (bicyclic) bond motifs is 1. The number of benzene rings is 1. The lowest BCUT2D eigenvalue weighted by Gasteiger charge is -2.27. The molecule has 0 N–H and O–H groups in total. The number of rotatable bonds is 0. The highest BCUT2D eigenvalue weighted by molar-refractivity contribution is 5.71. The second-order valence-corrected chi connectivity index (χ2v) is 3.92. The van der Waals surface area contributed by atoms with E-state index in [9.17, 15) is 0 Å². The molecule has 1 heterocycles. The predicted octanol–water partition coefficient (Wildman–Crippen LogP) is 3.07. The maximum Gasteiger partial charge on any atom is 0.0663 e. The van der Waals surface area contributed by atoms with E-state index in [1.807, 2.05) is 12.3 Å². The molecule has 0 bridgehead atoms. The van der Waals surface area contributed by atoms with E-state index in [4.69, 9.17) is 0 Å². The van der Waals surface area contributed by atoms with Gasteiger partial charge in [0, 0.05) is 6.21 Å². The highest BCUT2D eigenvalue weighted by Gasteiger charge is 2.24. The topological polar surface area (TPSA) is 12.4 Å². The third kappa shape index (κ3) is 1.06. The molecular weight excluding hydrogens is 146 g/mol. The van der Waals surface area contributed by atoms with Crippen molar-refractivity contribution in [3.63, 3.8) is 0 Å². The van der Waals surface area contributed by atoms with Crippen molar-refractivity contribution in [1.82, 2.24) is 0 Å². The van der Waals surface area contributed by atoms with Crippen LogP contribution in [0.5, 0.6) is 0 Å². The summed E-state index contributed by atoms with van der Waals surface area (Å²) in [7, 11) is 0. The van der Waals surface area contributed by atoms with Crippen molar-refractivity contribution in [2.45, 2.75) is 25.7 Å². The number of para-hydroxylation sites is 1. The molecule has 1 nitrogen and oxygen atoms in total. The summed E-state index contributed by atoms with van der Waals surface area (Å²) >= 11 is 0. The van der Waals surface area contributed by atoms with Gasteiger partial charge in [-0.2, -0.15) is 0 Å². The molecule has 0 aromatic heterocycles. The molecule has 0 saturated heterocycles. The zero-order valence-electron chi connectivity index (χ0n) is 7.54. The van der Waals surface area contributed by atoms with Crippen molar-refractivity contribution in [2.75, 3.05) is 0 Å². The molecule has 0 atom stereocenters. The van der Waals surface area contributed by atoms with Crippen molar-refractivity contribution >= 4 is 11.9 Å². The Morgan fingerprint density at radius 2 is 2.00 bits per heavy atom. The van der Waals surface area contributed by atoms with E-state index in [2.05, 4.69) is 37.0 Å². The van der Waals surface area contributed by atoms with Crippen LogP contribution in [0.15, 0.2) is 29.3 Å². The molecule has 12 heavy (non-hydrogen) atoms. The zero-order valence-corrected chi connectivity index (χ0v) is 7.54. The first-order valence-corrected chi connectivity index (χ1v) is 4.32. The van der Waals surface area contributed by atoms with Gasteiger partial charge in [-0.15, -0.1) is 0 Å². The molecule has 62 valence electrons. The molecule has 0 unspecified atom stereocenters. The van der Waals surface area contributed by atoms with Crippen molar-refractivity contribution in [2.24, 2.45) is 4.99 Å². The van der Waals surface area contributed by atoms with Crippen molar-refractivity contribution in [1.29, 1.82) is 0 Å². The lowest BCUT2D eigenvalue weighted by atomic mass is 9.80. The average Bonchev–Trinajstić information content (AvgIpc) is 2.04. The van der Waals surface area contributed by atoms with E-state index >= 15 is 0 Å². The Bertz CT molecular complexity index is 324. The number of aliphatic imine (C=N–C) groups is 1. The van der Waals surface area contributed by atoms with Gasteiger partial charge < -0.3 is 0 Å². The summed E-state index contributed by atoms with van der Waals surface area (Å²) in [5.74, 6) is 0. The summed E-state index contributed by atoms with van der Waals surface area (Å²) in [6.45, 7) is 4.52. The van der Waals surface area contributed by atoms with Crippen LogP contribution in [0.25, 0.3) is 0 Å². The Morgan fingerprint density at radius 1 is 1.25 bits per heavy atom. The van der Waals surface area contributed by atoms with Crippen LogP contribution in [0.2, 0.25) is 0 Å². The minimum Gasteiger partial charge on any atom is -0.261 e. The quantitative estimate of drug-likeness (QED) is 0.551. The van der Waals surface area contributed by atoms with E-state index in [1.165, 1.54) is 5.56 Å². The fourth-order valence-electron chi connectivity index (χ4n) is 1.64. The third-order valence-corrected chi connectivity index (χ3v) is 2.47. The molecule has 1 aliphatic heterocycles. The molecule has 1 aromatic rings. The number of nitrogens with zero attached hydrogens (tertiary/aromatic N) is 1. The van der Waals surface area contributed by atoms with Gasteiger partial charge in [-0.3, -0.25) is 4.99 Å². The van der Waals surface area contributed by atoms with Crippen molar-refractivity contribution in [3.8, 4) is 0 Å². The molecule has 0 spiro atoms. The first kappa shape index (κ1) is 7.53. The summed E-state index contributed by atoms with van der Waals surface area (Å²) in [4.78, 5) is 4.36. The normalized spacial score (nSPS) is 18.8. The van der Waals surface area contributed by atoms with Gasteiger partial charge in [0.05, 0.1) is 5.69 Å². The minimum absolute atomic E-state index is 0.262. The van der Waals surface area contributed by atoms with Crippen molar-refractivity contribution in [3.05, 3.63) is 29.8 Å². The Kier molecular flexibility index (Phi) is 1.53.